The molecule has 0 aromatic heterocycles. The van der Waals surface area contributed by atoms with Crippen molar-refractivity contribution < 1.29 is 13.5 Å². The van der Waals surface area contributed by atoms with Gasteiger partial charge >= 0.3 is 0 Å². The molecule has 1 rings (SSSR count). The maximum Gasteiger partial charge on any atom is 0.162 e. The second-order valence-corrected chi connectivity index (χ2v) is 4.74. The number of benzene rings is 1. The van der Waals surface area contributed by atoms with E-state index in [1.54, 1.807) is 6.07 Å². The second kappa shape index (κ2) is 6.81. The van der Waals surface area contributed by atoms with Gasteiger partial charge in [0.15, 0.2) is 11.6 Å². The molecule has 0 bridgehead atoms. The first-order chi connectivity index (χ1) is 8.47. The molecule has 0 spiro atoms. The molecule has 0 aliphatic heterocycles. The van der Waals surface area contributed by atoms with Crippen molar-refractivity contribution in [1.82, 2.24) is 0 Å². The van der Waals surface area contributed by atoms with Gasteiger partial charge in [0.2, 0.25) is 0 Å². The smallest absolute Gasteiger partial charge is 0.162 e. The van der Waals surface area contributed by atoms with E-state index in [2.05, 4.69) is 0 Å². The fourth-order valence-electron chi connectivity index (χ4n) is 2.08. The number of hydrogen-bond donors (Lipinski definition) is 1. The summed E-state index contributed by atoms with van der Waals surface area (Å²) in [5.74, 6) is -1.42. The van der Waals surface area contributed by atoms with Crippen LogP contribution in [0.2, 0.25) is 0 Å². The molecule has 0 fully saturated rings. The van der Waals surface area contributed by atoms with Crippen LogP contribution in [0, 0.1) is 17.6 Å². The van der Waals surface area contributed by atoms with Crippen LogP contribution in [0.15, 0.2) is 18.2 Å². The molecule has 1 aromatic carbocycles. The molecule has 2 N–H and O–H groups in total. The van der Waals surface area contributed by atoms with Gasteiger partial charge in [-0.25, -0.2) is 8.78 Å². The molecule has 4 heteroatoms. The number of hydrogen-bond acceptors (Lipinski definition) is 2. The number of rotatable bonds is 6. The molecule has 1 aromatic rings. The fourth-order valence-corrected chi connectivity index (χ4v) is 2.08. The molecule has 102 valence electrons. The molecule has 0 saturated carbocycles. The summed E-state index contributed by atoms with van der Waals surface area (Å²) in [5.41, 5.74) is 6.34. The molecular formula is C14H21F2NO. The molecule has 0 heterocycles. The number of halogens is 2. The molecule has 18 heavy (non-hydrogen) atoms. The van der Waals surface area contributed by atoms with Gasteiger partial charge in [-0.1, -0.05) is 26.0 Å². The number of nitrogens with two attached hydrogens (primary N) is 1. The van der Waals surface area contributed by atoms with E-state index >= 15 is 0 Å². The predicted octanol–water partition coefficient (Wildman–Crippen LogP) is 2.90. The van der Waals surface area contributed by atoms with Gasteiger partial charge in [0, 0.05) is 12.6 Å². The minimum atomic E-state index is -0.836. The summed E-state index contributed by atoms with van der Waals surface area (Å²) >= 11 is 0. The number of ether oxygens (including phenoxy) is 1. The van der Waals surface area contributed by atoms with E-state index in [9.17, 15) is 8.78 Å². The van der Waals surface area contributed by atoms with Gasteiger partial charge < -0.3 is 10.5 Å². The van der Waals surface area contributed by atoms with Gasteiger partial charge in [-0.05, 0) is 30.9 Å². The third-order valence-corrected chi connectivity index (χ3v) is 2.93. The summed E-state index contributed by atoms with van der Waals surface area (Å²) in [6.07, 6.45) is 0.115. The third-order valence-electron chi connectivity index (χ3n) is 2.93. The first kappa shape index (κ1) is 15.1. The molecule has 2 unspecified atom stereocenters. The van der Waals surface area contributed by atoms with Crippen molar-refractivity contribution >= 4 is 0 Å². The van der Waals surface area contributed by atoms with Crippen LogP contribution in [0.3, 0.4) is 0 Å². The Bertz CT molecular complexity index is 382. The lowest BCUT2D eigenvalue weighted by atomic mass is 9.94. The van der Waals surface area contributed by atoms with E-state index in [-0.39, 0.29) is 24.5 Å². The van der Waals surface area contributed by atoms with E-state index in [0.29, 0.717) is 12.2 Å². The Morgan fingerprint density at radius 3 is 2.50 bits per heavy atom. The van der Waals surface area contributed by atoms with E-state index in [1.807, 2.05) is 20.8 Å². The highest BCUT2D eigenvalue weighted by molar-refractivity contribution is 5.20. The van der Waals surface area contributed by atoms with Gasteiger partial charge in [-0.15, -0.1) is 0 Å². The van der Waals surface area contributed by atoms with Crippen LogP contribution < -0.4 is 5.73 Å². The highest BCUT2D eigenvalue weighted by Crippen LogP contribution is 2.17. The zero-order valence-corrected chi connectivity index (χ0v) is 11.1. The van der Waals surface area contributed by atoms with Crippen molar-refractivity contribution in [2.24, 2.45) is 11.7 Å². The van der Waals surface area contributed by atoms with Crippen LogP contribution in [-0.2, 0) is 11.2 Å². The third kappa shape index (κ3) is 3.75. The van der Waals surface area contributed by atoms with E-state index in [4.69, 9.17) is 10.5 Å². The van der Waals surface area contributed by atoms with E-state index < -0.39 is 11.6 Å². The normalized spacial score (nSPS) is 14.8. The minimum Gasteiger partial charge on any atom is -0.377 e. The second-order valence-electron chi connectivity index (χ2n) is 4.74. The Hall–Kier alpha value is -1.00. The van der Waals surface area contributed by atoms with Crippen molar-refractivity contribution in [2.45, 2.75) is 39.3 Å². The summed E-state index contributed by atoms with van der Waals surface area (Å²) < 4.78 is 32.2. The first-order valence-corrected chi connectivity index (χ1v) is 6.27. The average molecular weight is 257 g/mol. The molecule has 0 radical (unpaired) electrons. The predicted molar refractivity (Wildman–Crippen MR) is 68.3 cm³/mol. The molecule has 2 atom stereocenters. The fraction of sp³-hybridized carbons (Fsp3) is 0.571. The van der Waals surface area contributed by atoms with Crippen molar-refractivity contribution in [3.63, 3.8) is 0 Å². The average Bonchev–Trinajstić information content (AvgIpc) is 2.31. The summed E-state index contributed by atoms with van der Waals surface area (Å²) in [7, 11) is 0. The van der Waals surface area contributed by atoms with Crippen LogP contribution in [0.1, 0.15) is 26.3 Å². The van der Waals surface area contributed by atoms with Crippen LogP contribution >= 0.6 is 0 Å². The monoisotopic (exact) mass is 257 g/mol. The molecule has 2 nitrogen and oxygen atoms in total. The van der Waals surface area contributed by atoms with E-state index in [0.717, 1.165) is 6.07 Å². The SMILES string of the molecule is CCOC(C(C)C)C(N)Cc1cccc(F)c1F. The Kier molecular flexibility index (Phi) is 5.69. The van der Waals surface area contributed by atoms with Gasteiger partial charge in [0.1, 0.15) is 0 Å². The largest absolute Gasteiger partial charge is 0.377 e. The van der Waals surface area contributed by atoms with Crippen molar-refractivity contribution in [3.05, 3.63) is 35.4 Å². The lowest BCUT2D eigenvalue weighted by molar-refractivity contribution is 0.0126. The molecule has 0 saturated heterocycles. The molecular weight excluding hydrogens is 236 g/mol. The zero-order chi connectivity index (χ0) is 13.7. The molecule has 0 aliphatic carbocycles. The van der Waals surface area contributed by atoms with Gasteiger partial charge in [-0.3, -0.25) is 0 Å². The summed E-state index contributed by atoms with van der Waals surface area (Å²) in [5, 5.41) is 0. The minimum absolute atomic E-state index is 0.155. The van der Waals surface area contributed by atoms with Crippen LogP contribution in [-0.4, -0.2) is 18.8 Å². The van der Waals surface area contributed by atoms with Gasteiger partial charge in [-0.2, -0.15) is 0 Å². The van der Waals surface area contributed by atoms with Crippen molar-refractivity contribution in [1.29, 1.82) is 0 Å². The molecule has 0 amide bonds. The van der Waals surface area contributed by atoms with E-state index in [1.165, 1.54) is 6.07 Å². The molecule has 0 aliphatic rings. The highest BCUT2D eigenvalue weighted by atomic mass is 19.2. The summed E-state index contributed by atoms with van der Waals surface area (Å²) in [4.78, 5) is 0. The van der Waals surface area contributed by atoms with Crippen molar-refractivity contribution in [2.75, 3.05) is 6.61 Å². The van der Waals surface area contributed by atoms with Crippen molar-refractivity contribution in [3.8, 4) is 0 Å². The standard InChI is InChI=1S/C14H21F2NO/c1-4-18-14(9(2)3)12(17)8-10-6-5-7-11(15)13(10)16/h5-7,9,12,14H,4,8,17H2,1-3H3. The summed E-state index contributed by atoms with van der Waals surface area (Å²) in [6, 6.07) is 3.81. The summed E-state index contributed by atoms with van der Waals surface area (Å²) in [6.45, 7) is 6.46. The van der Waals surface area contributed by atoms with Crippen LogP contribution in [0.25, 0.3) is 0 Å². The first-order valence-electron chi connectivity index (χ1n) is 6.27. The van der Waals surface area contributed by atoms with Gasteiger partial charge in [0.05, 0.1) is 6.10 Å². The Morgan fingerprint density at radius 2 is 1.94 bits per heavy atom. The maximum atomic E-state index is 13.5. The quantitative estimate of drug-likeness (QED) is 0.850. The zero-order valence-electron chi connectivity index (χ0n) is 11.1. The highest BCUT2D eigenvalue weighted by Gasteiger charge is 2.23. The Morgan fingerprint density at radius 1 is 1.28 bits per heavy atom. The topological polar surface area (TPSA) is 35.2 Å². The van der Waals surface area contributed by atoms with Gasteiger partial charge in [0.25, 0.3) is 0 Å². The van der Waals surface area contributed by atoms with Crippen LogP contribution in [0.4, 0.5) is 8.78 Å². The Labute approximate surface area is 107 Å². The lowest BCUT2D eigenvalue weighted by Gasteiger charge is -2.27. The maximum absolute atomic E-state index is 13.5. The lowest BCUT2D eigenvalue weighted by Crippen LogP contribution is -2.42. The van der Waals surface area contributed by atoms with Crippen LogP contribution in [0.5, 0.6) is 0 Å². The Balaban J connectivity index is 2.79.